The first kappa shape index (κ1) is 15.3. The minimum absolute atomic E-state index is 0.587. The number of rotatable bonds is 7. The standard InChI is InChI=1S/C16H22N4O/c1-3-21-16-11-15(18-12-19-16)20(10-4-9-17)14-7-5-13(2)6-8-14/h5-8,11-12H,3-4,9-10,17H2,1-2H3. The molecule has 0 saturated heterocycles. The van der Waals surface area contributed by atoms with Gasteiger partial charge in [-0.05, 0) is 38.9 Å². The number of aromatic nitrogens is 2. The van der Waals surface area contributed by atoms with Crippen LogP contribution in [0.25, 0.3) is 0 Å². The Kier molecular flexibility index (Phi) is 5.51. The molecule has 0 aliphatic rings. The van der Waals surface area contributed by atoms with E-state index >= 15 is 0 Å². The molecule has 0 amide bonds. The Hall–Kier alpha value is -2.14. The van der Waals surface area contributed by atoms with Crippen LogP contribution in [0.3, 0.4) is 0 Å². The van der Waals surface area contributed by atoms with Crippen molar-refractivity contribution in [1.29, 1.82) is 0 Å². The van der Waals surface area contributed by atoms with Crippen LogP contribution in [0.2, 0.25) is 0 Å². The van der Waals surface area contributed by atoms with Gasteiger partial charge in [0.2, 0.25) is 5.88 Å². The average molecular weight is 286 g/mol. The molecule has 21 heavy (non-hydrogen) atoms. The highest BCUT2D eigenvalue weighted by molar-refractivity contribution is 5.60. The molecule has 2 aromatic rings. The number of nitrogens with zero attached hydrogens (tertiary/aromatic N) is 3. The van der Waals surface area contributed by atoms with E-state index in [2.05, 4.69) is 46.1 Å². The normalized spacial score (nSPS) is 10.4. The van der Waals surface area contributed by atoms with Crippen molar-refractivity contribution in [3.63, 3.8) is 0 Å². The molecule has 2 N–H and O–H groups in total. The summed E-state index contributed by atoms with van der Waals surface area (Å²) >= 11 is 0. The van der Waals surface area contributed by atoms with E-state index in [9.17, 15) is 0 Å². The second-order valence-electron chi connectivity index (χ2n) is 4.78. The average Bonchev–Trinajstić information content (AvgIpc) is 2.50. The molecule has 1 aromatic carbocycles. The summed E-state index contributed by atoms with van der Waals surface area (Å²) < 4.78 is 5.45. The highest BCUT2D eigenvalue weighted by Crippen LogP contribution is 2.25. The molecule has 0 fully saturated rings. The van der Waals surface area contributed by atoms with Crippen molar-refractivity contribution in [3.8, 4) is 5.88 Å². The van der Waals surface area contributed by atoms with Crippen LogP contribution in [0.15, 0.2) is 36.7 Å². The minimum atomic E-state index is 0.587. The number of ether oxygens (including phenoxy) is 1. The van der Waals surface area contributed by atoms with Crippen LogP contribution in [0.5, 0.6) is 5.88 Å². The summed E-state index contributed by atoms with van der Waals surface area (Å²) in [5.74, 6) is 1.41. The third-order valence-corrected chi connectivity index (χ3v) is 3.13. The summed E-state index contributed by atoms with van der Waals surface area (Å²) in [6, 6.07) is 10.2. The number of benzene rings is 1. The van der Waals surface area contributed by atoms with E-state index < -0.39 is 0 Å². The largest absolute Gasteiger partial charge is 0.478 e. The van der Waals surface area contributed by atoms with Crippen molar-refractivity contribution < 1.29 is 4.74 Å². The van der Waals surface area contributed by atoms with E-state index in [4.69, 9.17) is 10.5 Å². The first-order chi connectivity index (χ1) is 10.2. The molecule has 112 valence electrons. The van der Waals surface area contributed by atoms with E-state index in [0.29, 0.717) is 19.0 Å². The first-order valence-electron chi connectivity index (χ1n) is 7.23. The molecule has 0 aliphatic carbocycles. The summed E-state index contributed by atoms with van der Waals surface area (Å²) in [6.07, 6.45) is 2.42. The predicted octanol–water partition coefficient (Wildman–Crippen LogP) is 2.67. The lowest BCUT2D eigenvalue weighted by atomic mass is 10.2. The fraction of sp³-hybridized carbons (Fsp3) is 0.375. The van der Waals surface area contributed by atoms with E-state index in [1.54, 1.807) is 0 Å². The molecule has 0 bridgehead atoms. The molecule has 0 unspecified atom stereocenters. The maximum atomic E-state index is 5.65. The Bertz CT molecular complexity index is 556. The van der Waals surface area contributed by atoms with E-state index in [1.807, 2.05) is 13.0 Å². The number of hydrogen-bond acceptors (Lipinski definition) is 5. The Morgan fingerprint density at radius 2 is 1.95 bits per heavy atom. The fourth-order valence-corrected chi connectivity index (χ4v) is 2.05. The number of hydrogen-bond donors (Lipinski definition) is 1. The van der Waals surface area contributed by atoms with Gasteiger partial charge < -0.3 is 15.4 Å². The highest BCUT2D eigenvalue weighted by Gasteiger charge is 2.11. The van der Waals surface area contributed by atoms with Gasteiger partial charge >= 0.3 is 0 Å². The second-order valence-corrected chi connectivity index (χ2v) is 4.78. The van der Waals surface area contributed by atoms with Crippen LogP contribution < -0.4 is 15.4 Å². The van der Waals surface area contributed by atoms with Crippen LogP contribution in [0.1, 0.15) is 18.9 Å². The van der Waals surface area contributed by atoms with Gasteiger partial charge in [-0.2, -0.15) is 0 Å². The summed E-state index contributed by atoms with van der Waals surface area (Å²) in [7, 11) is 0. The van der Waals surface area contributed by atoms with Crippen LogP contribution in [0, 0.1) is 6.92 Å². The summed E-state index contributed by atoms with van der Waals surface area (Å²) in [4.78, 5) is 10.6. The third kappa shape index (κ3) is 4.16. The molecular formula is C16H22N4O. The molecule has 0 atom stereocenters. The maximum Gasteiger partial charge on any atom is 0.218 e. The quantitative estimate of drug-likeness (QED) is 0.847. The van der Waals surface area contributed by atoms with E-state index in [-0.39, 0.29) is 0 Å². The Morgan fingerprint density at radius 1 is 1.19 bits per heavy atom. The monoisotopic (exact) mass is 286 g/mol. The molecule has 0 saturated carbocycles. The van der Waals surface area contributed by atoms with Crippen molar-refractivity contribution in [3.05, 3.63) is 42.2 Å². The van der Waals surface area contributed by atoms with Gasteiger partial charge in [-0.15, -0.1) is 0 Å². The lowest BCUT2D eigenvalue weighted by Crippen LogP contribution is -2.22. The predicted molar refractivity (Wildman–Crippen MR) is 85.1 cm³/mol. The zero-order chi connectivity index (χ0) is 15.1. The molecule has 5 heteroatoms. The molecule has 2 rings (SSSR count). The lowest BCUT2D eigenvalue weighted by Gasteiger charge is -2.24. The minimum Gasteiger partial charge on any atom is -0.478 e. The van der Waals surface area contributed by atoms with Gasteiger partial charge in [-0.25, -0.2) is 9.97 Å². The molecule has 5 nitrogen and oxygen atoms in total. The molecule has 0 radical (unpaired) electrons. The molecule has 1 aromatic heterocycles. The van der Waals surface area contributed by atoms with Gasteiger partial charge in [0, 0.05) is 18.3 Å². The Morgan fingerprint density at radius 3 is 2.62 bits per heavy atom. The summed E-state index contributed by atoms with van der Waals surface area (Å²) in [5.41, 5.74) is 7.98. The van der Waals surface area contributed by atoms with Gasteiger partial charge in [-0.3, -0.25) is 0 Å². The van der Waals surface area contributed by atoms with Crippen molar-refractivity contribution >= 4 is 11.5 Å². The van der Waals surface area contributed by atoms with Crippen molar-refractivity contribution in [2.45, 2.75) is 20.3 Å². The lowest BCUT2D eigenvalue weighted by molar-refractivity contribution is 0.326. The molecule has 1 heterocycles. The zero-order valence-electron chi connectivity index (χ0n) is 12.6. The van der Waals surface area contributed by atoms with Crippen molar-refractivity contribution in [2.75, 3.05) is 24.6 Å². The van der Waals surface area contributed by atoms with Crippen molar-refractivity contribution in [1.82, 2.24) is 9.97 Å². The summed E-state index contributed by atoms with van der Waals surface area (Å²) in [5, 5.41) is 0. The van der Waals surface area contributed by atoms with Gasteiger partial charge in [0.05, 0.1) is 6.61 Å². The third-order valence-electron chi connectivity index (χ3n) is 3.13. The zero-order valence-corrected chi connectivity index (χ0v) is 12.6. The Labute approximate surface area is 125 Å². The van der Waals surface area contributed by atoms with Crippen LogP contribution in [-0.4, -0.2) is 29.7 Å². The fourth-order valence-electron chi connectivity index (χ4n) is 2.05. The van der Waals surface area contributed by atoms with Gasteiger partial charge in [-0.1, -0.05) is 17.7 Å². The van der Waals surface area contributed by atoms with Gasteiger partial charge in [0.1, 0.15) is 12.1 Å². The maximum absolute atomic E-state index is 5.65. The molecular weight excluding hydrogens is 264 g/mol. The SMILES string of the molecule is CCOc1cc(N(CCCN)c2ccc(C)cc2)ncn1. The number of nitrogens with two attached hydrogens (primary N) is 1. The topological polar surface area (TPSA) is 64.3 Å². The van der Waals surface area contributed by atoms with Crippen molar-refractivity contribution in [2.24, 2.45) is 5.73 Å². The molecule has 0 spiro atoms. The van der Waals surface area contributed by atoms with E-state index in [1.165, 1.54) is 11.9 Å². The van der Waals surface area contributed by atoms with Crippen LogP contribution in [0.4, 0.5) is 11.5 Å². The van der Waals surface area contributed by atoms with E-state index in [0.717, 1.165) is 24.5 Å². The number of aryl methyl sites for hydroxylation is 1. The molecule has 0 aliphatic heterocycles. The van der Waals surface area contributed by atoms with Crippen LogP contribution in [-0.2, 0) is 0 Å². The van der Waals surface area contributed by atoms with Gasteiger partial charge in [0.25, 0.3) is 0 Å². The smallest absolute Gasteiger partial charge is 0.218 e. The number of anilines is 2. The second kappa shape index (κ2) is 7.59. The Balaban J connectivity index is 2.30. The summed E-state index contributed by atoms with van der Waals surface area (Å²) in [6.45, 7) is 6.05. The highest BCUT2D eigenvalue weighted by atomic mass is 16.5. The van der Waals surface area contributed by atoms with Gasteiger partial charge in [0.15, 0.2) is 0 Å². The first-order valence-corrected chi connectivity index (χ1v) is 7.23. The van der Waals surface area contributed by atoms with Crippen LogP contribution >= 0.6 is 0 Å².